The predicted molar refractivity (Wildman–Crippen MR) is 133 cm³/mol. The fourth-order valence-corrected chi connectivity index (χ4v) is 4.86. The number of carbonyl (C=O) groups excluding carboxylic acids is 2. The minimum absolute atomic E-state index is 0.383. The first-order valence-corrected chi connectivity index (χ1v) is 11.6. The molecule has 1 aliphatic heterocycles. The molecule has 0 spiro atoms. The number of para-hydroxylation sites is 1. The summed E-state index contributed by atoms with van der Waals surface area (Å²) in [6.07, 6.45) is 3.78. The number of benzene rings is 2. The van der Waals surface area contributed by atoms with Crippen LogP contribution in [0.2, 0.25) is 5.02 Å². The molecule has 3 heterocycles. The Morgan fingerprint density at radius 2 is 1.67 bits per heavy atom. The zero-order valence-corrected chi connectivity index (χ0v) is 19.4. The van der Waals surface area contributed by atoms with Crippen molar-refractivity contribution in [1.29, 1.82) is 0 Å². The van der Waals surface area contributed by atoms with E-state index in [1.807, 2.05) is 48.7 Å². The largest absolute Gasteiger partial charge is 0.361 e. The predicted octanol–water partition coefficient (Wildman–Crippen LogP) is 4.69. The van der Waals surface area contributed by atoms with E-state index in [0.29, 0.717) is 16.2 Å². The molecule has 2 aromatic carbocycles. The van der Waals surface area contributed by atoms with E-state index >= 15 is 0 Å². The second kappa shape index (κ2) is 8.54. The molecule has 0 fully saturated rings. The number of hydrogen-bond acceptors (Lipinski definition) is 3. The van der Waals surface area contributed by atoms with Crippen molar-refractivity contribution in [1.82, 2.24) is 19.8 Å². The Balaban J connectivity index is 1.72. The van der Waals surface area contributed by atoms with Crippen molar-refractivity contribution in [2.45, 2.75) is 20.4 Å². The molecular weight excluding hydrogens is 436 g/mol. The van der Waals surface area contributed by atoms with Gasteiger partial charge in [-0.05, 0) is 37.4 Å². The van der Waals surface area contributed by atoms with Crippen LogP contribution in [0, 0.1) is 0 Å². The van der Waals surface area contributed by atoms with Crippen molar-refractivity contribution in [3.63, 3.8) is 0 Å². The molecule has 33 heavy (non-hydrogen) atoms. The number of carbonyl (C=O) groups is 2. The number of nitrogens with zero attached hydrogens (tertiary/aromatic N) is 2. The molecule has 0 bridgehead atoms. The smallest absolute Gasteiger partial charge is 0.259 e. The van der Waals surface area contributed by atoms with Crippen LogP contribution in [0.4, 0.5) is 0 Å². The second-order valence-electron chi connectivity index (χ2n) is 8.21. The first-order chi connectivity index (χ1) is 16.0. The molecule has 6 nitrogen and oxygen atoms in total. The van der Waals surface area contributed by atoms with Gasteiger partial charge < -0.3 is 14.5 Å². The molecule has 2 aromatic heterocycles. The number of H-pyrrole nitrogens is 1. The zero-order valence-electron chi connectivity index (χ0n) is 18.6. The third-order valence-electron chi connectivity index (χ3n) is 6.45. The van der Waals surface area contributed by atoms with Crippen LogP contribution in [0.15, 0.2) is 54.9 Å². The van der Waals surface area contributed by atoms with Gasteiger partial charge >= 0.3 is 0 Å². The fourth-order valence-electron chi connectivity index (χ4n) is 4.69. The Labute approximate surface area is 196 Å². The van der Waals surface area contributed by atoms with Gasteiger partial charge in [0, 0.05) is 63.4 Å². The molecule has 0 atom stereocenters. The number of nitrogens with one attached hydrogen (secondary N) is 2. The molecule has 0 saturated heterocycles. The third-order valence-corrected chi connectivity index (χ3v) is 6.69. The highest BCUT2D eigenvalue weighted by atomic mass is 35.5. The lowest BCUT2D eigenvalue weighted by Crippen LogP contribution is -2.26. The summed E-state index contributed by atoms with van der Waals surface area (Å²) in [4.78, 5) is 31.6. The van der Waals surface area contributed by atoms with E-state index in [9.17, 15) is 9.59 Å². The number of aromatic nitrogens is 2. The van der Waals surface area contributed by atoms with E-state index < -0.39 is 0 Å². The van der Waals surface area contributed by atoms with Crippen molar-refractivity contribution in [3.05, 3.63) is 71.0 Å². The van der Waals surface area contributed by atoms with Gasteiger partial charge in [0.25, 0.3) is 11.8 Å². The van der Waals surface area contributed by atoms with Gasteiger partial charge in [-0.2, -0.15) is 0 Å². The Morgan fingerprint density at radius 1 is 0.939 bits per heavy atom. The average Bonchev–Trinajstić information content (AvgIpc) is 3.47. The van der Waals surface area contributed by atoms with Gasteiger partial charge in [-0.25, -0.2) is 0 Å². The summed E-state index contributed by atoms with van der Waals surface area (Å²) in [6, 6.07) is 13.5. The summed E-state index contributed by atoms with van der Waals surface area (Å²) in [5, 5.41) is 4.86. The summed E-state index contributed by atoms with van der Waals surface area (Å²) in [5.41, 5.74) is 4.11. The molecular formula is C26H25ClN4O2. The Hall–Kier alpha value is -3.35. The van der Waals surface area contributed by atoms with Gasteiger partial charge in [0.05, 0.1) is 11.1 Å². The number of hydrogen-bond donors (Lipinski definition) is 2. The minimum Gasteiger partial charge on any atom is -0.361 e. The summed E-state index contributed by atoms with van der Waals surface area (Å²) in [5.74, 6) is -0.770. The number of likely N-dealkylation sites (N-methyl/N-ethyl adjacent to an activating group) is 1. The monoisotopic (exact) mass is 460 g/mol. The molecule has 0 radical (unpaired) electrons. The molecule has 5 rings (SSSR count). The average molecular weight is 461 g/mol. The molecule has 4 aromatic rings. The van der Waals surface area contributed by atoms with Crippen LogP contribution in [0.3, 0.4) is 0 Å². The zero-order chi connectivity index (χ0) is 23.1. The van der Waals surface area contributed by atoms with Crippen molar-refractivity contribution < 1.29 is 9.59 Å². The molecule has 1 aliphatic rings. The Kier molecular flexibility index (Phi) is 5.56. The summed E-state index contributed by atoms with van der Waals surface area (Å²) in [6.45, 7) is 7.90. The van der Waals surface area contributed by atoms with Gasteiger partial charge in [-0.15, -0.1) is 0 Å². The van der Waals surface area contributed by atoms with Gasteiger partial charge in [0.1, 0.15) is 0 Å². The second-order valence-corrected chi connectivity index (χ2v) is 8.64. The SMILES string of the molecule is CCN(CC)CCn1cc(C2=C(c3c[nH]c4ccccc34)C(=O)NC2=O)c2cc(Cl)ccc21. The van der Waals surface area contributed by atoms with Crippen LogP contribution < -0.4 is 5.32 Å². The molecule has 168 valence electrons. The van der Waals surface area contributed by atoms with Gasteiger partial charge in [-0.1, -0.05) is 43.6 Å². The number of imide groups is 1. The van der Waals surface area contributed by atoms with E-state index in [2.05, 4.69) is 33.6 Å². The van der Waals surface area contributed by atoms with E-state index in [1.54, 1.807) is 6.20 Å². The van der Waals surface area contributed by atoms with Crippen LogP contribution in [0.5, 0.6) is 0 Å². The van der Waals surface area contributed by atoms with Crippen LogP contribution in [0.1, 0.15) is 25.0 Å². The van der Waals surface area contributed by atoms with Gasteiger partial charge in [0.2, 0.25) is 0 Å². The van der Waals surface area contributed by atoms with Crippen molar-refractivity contribution >= 4 is 56.4 Å². The van der Waals surface area contributed by atoms with Crippen molar-refractivity contribution in [2.24, 2.45) is 0 Å². The first-order valence-electron chi connectivity index (χ1n) is 11.2. The van der Waals surface area contributed by atoms with Crippen LogP contribution >= 0.6 is 11.6 Å². The highest BCUT2D eigenvalue weighted by Gasteiger charge is 2.35. The topological polar surface area (TPSA) is 70.1 Å². The molecule has 0 aliphatic carbocycles. The van der Waals surface area contributed by atoms with Gasteiger partial charge in [0.15, 0.2) is 0 Å². The lowest BCUT2D eigenvalue weighted by molar-refractivity contribution is -0.122. The van der Waals surface area contributed by atoms with Crippen LogP contribution in [-0.2, 0) is 16.1 Å². The van der Waals surface area contributed by atoms with E-state index in [4.69, 9.17) is 11.6 Å². The van der Waals surface area contributed by atoms with Crippen LogP contribution in [-0.4, -0.2) is 45.9 Å². The van der Waals surface area contributed by atoms with Crippen molar-refractivity contribution in [2.75, 3.05) is 19.6 Å². The lowest BCUT2D eigenvalue weighted by atomic mass is 9.95. The highest BCUT2D eigenvalue weighted by molar-refractivity contribution is 6.50. The van der Waals surface area contributed by atoms with E-state index in [-0.39, 0.29) is 11.8 Å². The molecule has 0 unspecified atom stereocenters. The number of halogens is 1. The summed E-state index contributed by atoms with van der Waals surface area (Å²) in [7, 11) is 0. The Morgan fingerprint density at radius 3 is 2.42 bits per heavy atom. The maximum absolute atomic E-state index is 13.1. The maximum atomic E-state index is 13.1. The number of aromatic amines is 1. The molecule has 2 amide bonds. The minimum atomic E-state index is -0.386. The number of rotatable bonds is 7. The molecule has 0 saturated carbocycles. The maximum Gasteiger partial charge on any atom is 0.259 e. The fraction of sp³-hybridized carbons (Fsp3) is 0.231. The first kappa shape index (κ1) is 21.5. The van der Waals surface area contributed by atoms with Crippen LogP contribution in [0.25, 0.3) is 33.0 Å². The Bertz CT molecular complexity index is 1420. The quantitative estimate of drug-likeness (QED) is 0.393. The normalized spacial score (nSPS) is 14.3. The number of amides is 2. The highest BCUT2D eigenvalue weighted by Crippen LogP contribution is 2.38. The number of fused-ring (bicyclic) bond motifs is 2. The third kappa shape index (κ3) is 3.65. The lowest BCUT2D eigenvalue weighted by Gasteiger charge is -2.18. The summed E-state index contributed by atoms with van der Waals surface area (Å²) < 4.78 is 2.15. The van der Waals surface area contributed by atoms with E-state index in [1.165, 1.54) is 0 Å². The summed E-state index contributed by atoms with van der Waals surface area (Å²) >= 11 is 6.35. The van der Waals surface area contributed by atoms with E-state index in [0.717, 1.165) is 59.1 Å². The van der Waals surface area contributed by atoms with Gasteiger partial charge in [-0.3, -0.25) is 14.9 Å². The van der Waals surface area contributed by atoms with Crippen molar-refractivity contribution in [3.8, 4) is 0 Å². The molecule has 7 heteroatoms. The standard InChI is InChI=1S/C26H25ClN4O2/c1-3-30(4-2)11-12-31-15-20(18-13-16(27)9-10-22(18)31)24-23(25(32)29-26(24)33)19-14-28-21-8-6-5-7-17(19)21/h5-10,13-15,28H,3-4,11-12H2,1-2H3,(H,29,32,33). The molecule has 2 N–H and O–H groups in total.